The fourth-order valence-corrected chi connectivity index (χ4v) is 4.11. The molecule has 2 nitrogen and oxygen atoms in total. The van der Waals surface area contributed by atoms with Crippen LogP contribution in [0.25, 0.3) is 10.1 Å². The van der Waals surface area contributed by atoms with E-state index in [2.05, 4.69) is 29.6 Å². The zero-order valence-corrected chi connectivity index (χ0v) is 11.5. The van der Waals surface area contributed by atoms with Crippen molar-refractivity contribution in [2.45, 2.75) is 37.3 Å². The van der Waals surface area contributed by atoms with E-state index in [0.717, 1.165) is 12.8 Å². The average molecular weight is 261 g/mol. The van der Waals surface area contributed by atoms with E-state index < -0.39 is 0 Å². The molecule has 18 heavy (non-hydrogen) atoms. The third-order valence-corrected chi connectivity index (χ3v) is 5.25. The summed E-state index contributed by atoms with van der Waals surface area (Å²) in [6.07, 6.45) is 4.60. The number of benzene rings is 1. The van der Waals surface area contributed by atoms with E-state index in [1.807, 2.05) is 0 Å². The first-order chi connectivity index (χ1) is 8.77. The number of fused-ring (bicyclic) bond motifs is 1. The molecule has 1 unspecified atom stereocenters. The van der Waals surface area contributed by atoms with Crippen molar-refractivity contribution in [3.63, 3.8) is 0 Å². The Kier molecular flexibility index (Phi) is 3.14. The lowest BCUT2D eigenvalue weighted by molar-refractivity contribution is -0.0260. The molecule has 0 spiro atoms. The molecule has 1 fully saturated rings. The molecule has 3 heteroatoms. The van der Waals surface area contributed by atoms with E-state index in [1.165, 1.54) is 28.5 Å². The van der Waals surface area contributed by atoms with Crippen LogP contribution in [0.15, 0.2) is 29.6 Å². The van der Waals surface area contributed by atoms with Crippen molar-refractivity contribution >= 4 is 21.4 Å². The second kappa shape index (κ2) is 4.65. The molecule has 96 valence electrons. The lowest BCUT2D eigenvalue weighted by atomic mass is 9.87. The van der Waals surface area contributed by atoms with Crippen molar-refractivity contribution < 1.29 is 4.74 Å². The Morgan fingerprint density at radius 1 is 1.28 bits per heavy atom. The number of thiophene rings is 1. The predicted octanol–water partition coefficient (Wildman–Crippen LogP) is 3.86. The molecule has 2 N–H and O–H groups in total. The zero-order valence-electron chi connectivity index (χ0n) is 10.7. The highest BCUT2D eigenvalue weighted by atomic mass is 32.1. The Labute approximate surface area is 112 Å². The standard InChI is InChI=1S/C15H19NOS/c1-17-15(8-2-3-9-15)14(16)12-6-4-5-11-7-10-18-13(11)12/h4-7,10,14H,2-3,8-9,16H2,1H3. The highest BCUT2D eigenvalue weighted by Gasteiger charge is 2.41. The van der Waals surface area contributed by atoms with E-state index in [-0.39, 0.29) is 11.6 Å². The molecule has 1 aromatic heterocycles. The molecule has 1 aromatic carbocycles. The van der Waals surface area contributed by atoms with Gasteiger partial charge in [-0.05, 0) is 35.2 Å². The summed E-state index contributed by atoms with van der Waals surface area (Å²) in [7, 11) is 1.81. The maximum absolute atomic E-state index is 6.55. The van der Waals surface area contributed by atoms with Gasteiger partial charge in [0.25, 0.3) is 0 Å². The van der Waals surface area contributed by atoms with Gasteiger partial charge in [-0.25, -0.2) is 0 Å². The fraction of sp³-hybridized carbons (Fsp3) is 0.467. The van der Waals surface area contributed by atoms with Gasteiger partial charge in [-0.2, -0.15) is 0 Å². The van der Waals surface area contributed by atoms with Gasteiger partial charge in [0.15, 0.2) is 0 Å². The van der Waals surface area contributed by atoms with Gasteiger partial charge in [0.05, 0.1) is 11.6 Å². The summed E-state index contributed by atoms with van der Waals surface area (Å²) in [6.45, 7) is 0. The lowest BCUT2D eigenvalue weighted by Gasteiger charge is -2.34. The number of hydrogen-bond donors (Lipinski definition) is 1. The first-order valence-corrected chi connectivity index (χ1v) is 7.42. The van der Waals surface area contributed by atoms with Gasteiger partial charge in [0, 0.05) is 11.8 Å². The second-order valence-corrected chi connectivity index (χ2v) is 6.06. The van der Waals surface area contributed by atoms with Crippen molar-refractivity contribution in [1.29, 1.82) is 0 Å². The van der Waals surface area contributed by atoms with Crippen LogP contribution in [0.1, 0.15) is 37.3 Å². The van der Waals surface area contributed by atoms with Gasteiger partial charge in [0.1, 0.15) is 0 Å². The number of rotatable bonds is 3. The Morgan fingerprint density at radius 2 is 2.06 bits per heavy atom. The third kappa shape index (κ3) is 1.78. The van der Waals surface area contributed by atoms with Gasteiger partial charge in [-0.15, -0.1) is 11.3 Å². The highest BCUT2D eigenvalue weighted by molar-refractivity contribution is 7.17. The van der Waals surface area contributed by atoms with Gasteiger partial charge in [-0.1, -0.05) is 31.0 Å². The van der Waals surface area contributed by atoms with Crippen LogP contribution in [0.2, 0.25) is 0 Å². The van der Waals surface area contributed by atoms with Gasteiger partial charge in [0.2, 0.25) is 0 Å². The summed E-state index contributed by atoms with van der Waals surface area (Å²) in [5.41, 5.74) is 7.64. The molecule has 0 amide bonds. The lowest BCUT2D eigenvalue weighted by Crippen LogP contribution is -2.40. The Hall–Kier alpha value is -0.900. The number of methoxy groups -OCH3 is 1. The van der Waals surface area contributed by atoms with E-state index in [9.17, 15) is 0 Å². The van der Waals surface area contributed by atoms with Crippen molar-refractivity contribution in [3.8, 4) is 0 Å². The molecule has 0 saturated heterocycles. The van der Waals surface area contributed by atoms with E-state index in [4.69, 9.17) is 10.5 Å². The van der Waals surface area contributed by atoms with E-state index in [1.54, 1.807) is 18.4 Å². The third-order valence-electron chi connectivity index (χ3n) is 4.27. The predicted molar refractivity (Wildman–Crippen MR) is 77.0 cm³/mol. The van der Waals surface area contributed by atoms with Crippen LogP contribution in [-0.4, -0.2) is 12.7 Å². The first kappa shape index (κ1) is 12.2. The summed E-state index contributed by atoms with van der Waals surface area (Å²) < 4.78 is 7.13. The average Bonchev–Trinajstić information content (AvgIpc) is 3.06. The van der Waals surface area contributed by atoms with Gasteiger partial charge < -0.3 is 10.5 Å². The zero-order chi connectivity index (χ0) is 12.6. The topological polar surface area (TPSA) is 35.2 Å². The molecule has 1 aliphatic rings. The monoisotopic (exact) mass is 261 g/mol. The maximum Gasteiger partial charge on any atom is 0.0870 e. The summed E-state index contributed by atoms with van der Waals surface area (Å²) in [5.74, 6) is 0. The summed E-state index contributed by atoms with van der Waals surface area (Å²) in [6, 6.07) is 8.54. The molecule has 1 atom stereocenters. The minimum atomic E-state index is -0.154. The van der Waals surface area contributed by atoms with Crippen LogP contribution >= 0.6 is 11.3 Å². The SMILES string of the molecule is COC1(C(N)c2cccc3ccsc23)CCCC1. The normalized spacial score (nSPS) is 20.3. The molecular formula is C15H19NOS. The summed E-state index contributed by atoms with van der Waals surface area (Å²) in [5, 5.41) is 3.42. The quantitative estimate of drug-likeness (QED) is 0.910. The van der Waals surface area contributed by atoms with Crippen LogP contribution in [-0.2, 0) is 4.74 Å². The molecule has 1 saturated carbocycles. The highest BCUT2D eigenvalue weighted by Crippen LogP contribution is 2.43. The summed E-state index contributed by atoms with van der Waals surface area (Å²) >= 11 is 1.77. The molecule has 2 aromatic rings. The molecular weight excluding hydrogens is 242 g/mol. The molecule has 0 aliphatic heterocycles. The van der Waals surface area contributed by atoms with E-state index >= 15 is 0 Å². The molecule has 0 bridgehead atoms. The molecule has 1 aliphatic carbocycles. The van der Waals surface area contributed by atoms with Crippen LogP contribution in [0.4, 0.5) is 0 Å². The van der Waals surface area contributed by atoms with Gasteiger partial charge in [-0.3, -0.25) is 0 Å². The van der Waals surface area contributed by atoms with Crippen molar-refractivity contribution in [2.24, 2.45) is 5.73 Å². The van der Waals surface area contributed by atoms with Crippen molar-refractivity contribution in [3.05, 3.63) is 35.2 Å². The van der Waals surface area contributed by atoms with Crippen molar-refractivity contribution in [2.75, 3.05) is 7.11 Å². The first-order valence-electron chi connectivity index (χ1n) is 6.54. The molecule has 1 heterocycles. The maximum atomic E-state index is 6.55. The minimum Gasteiger partial charge on any atom is -0.376 e. The Bertz CT molecular complexity index is 542. The van der Waals surface area contributed by atoms with E-state index in [0.29, 0.717) is 0 Å². The Balaban J connectivity index is 2.05. The smallest absolute Gasteiger partial charge is 0.0870 e. The molecule has 0 radical (unpaired) electrons. The molecule has 3 rings (SSSR count). The van der Waals surface area contributed by atoms with Crippen LogP contribution in [0, 0.1) is 0 Å². The van der Waals surface area contributed by atoms with Gasteiger partial charge >= 0.3 is 0 Å². The summed E-state index contributed by atoms with van der Waals surface area (Å²) in [4.78, 5) is 0. The van der Waals surface area contributed by atoms with Crippen LogP contribution in [0.3, 0.4) is 0 Å². The van der Waals surface area contributed by atoms with Crippen LogP contribution in [0.5, 0.6) is 0 Å². The number of hydrogen-bond acceptors (Lipinski definition) is 3. The largest absolute Gasteiger partial charge is 0.376 e. The Morgan fingerprint density at radius 3 is 2.78 bits per heavy atom. The second-order valence-electron chi connectivity index (χ2n) is 5.14. The fourth-order valence-electron chi connectivity index (χ4n) is 3.16. The number of nitrogens with two attached hydrogens (primary N) is 1. The van der Waals surface area contributed by atoms with Crippen molar-refractivity contribution in [1.82, 2.24) is 0 Å². The minimum absolute atomic E-state index is 0.0210. The van der Waals surface area contributed by atoms with Crippen LogP contribution < -0.4 is 5.73 Å². The number of ether oxygens (including phenoxy) is 1.